The van der Waals surface area contributed by atoms with Crippen LogP contribution in [0.2, 0.25) is 0 Å². The van der Waals surface area contributed by atoms with Crippen LogP contribution in [0.1, 0.15) is 0 Å². The Hall–Kier alpha value is -0.300. The van der Waals surface area contributed by atoms with Crippen molar-refractivity contribution in [3.05, 3.63) is 49.9 Å². The fraction of sp³-hybridized carbons (Fsp3) is 0. The number of benzene rings is 1. The minimum absolute atomic E-state index is 0. The molecule has 2 aromatic rings. The summed E-state index contributed by atoms with van der Waals surface area (Å²) in [4.78, 5) is 0. The average molecular weight is 175 g/mol. The molecule has 0 amide bonds. The SMILES string of the molecule is [CH3-].[Sc].c1ccc2[cH-]ccc2c1. The number of hydrogen-bond acceptors (Lipinski definition) is 0. The Kier molecular flexibility index (Phi) is 4.43. The van der Waals surface area contributed by atoms with E-state index in [2.05, 4.69) is 42.5 Å². The molecular weight excluding hydrogens is 165 g/mol. The minimum Gasteiger partial charge on any atom is -0.358 e. The van der Waals surface area contributed by atoms with Gasteiger partial charge in [-0.3, -0.25) is 0 Å². The van der Waals surface area contributed by atoms with E-state index in [4.69, 9.17) is 0 Å². The molecule has 0 fully saturated rings. The summed E-state index contributed by atoms with van der Waals surface area (Å²) in [6.07, 6.45) is 0. The first-order valence-electron chi connectivity index (χ1n) is 3.07. The first kappa shape index (κ1) is 10.7. The van der Waals surface area contributed by atoms with Gasteiger partial charge in [-0.25, -0.2) is 0 Å². The maximum Gasteiger partial charge on any atom is 0 e. The maximum absolute atomic E-state index is 2.12. The van der Waals surface area contributed by atoms with Crippen molar-refractivity contribution in [2.24, 2.45) is 0 Å². The molecular formula is C10H10Sc-2. The van der Waals surface area contributed by atoms with Crippen LogP contribution in [0.3, 0.4) is 0 Å². The Morgan fingerprint density at radius 1 is 1.00 bits per heavy atom. The van der Waals surface area contributed by atoms with Crippen LogP contribution in [0.25, 0.3) is 10.8 Å². The molecule has 0 aliphatic carbocycles. The van der Waals surface area contributed by atoms with Crippen LogP contribution in [0.15, 0.2) is 42.5 Å². The maximum atomic E-state index is 2.12. The molecule has 0 unspecified atom stereocenters. The van der Waals surface area contributed by atoms with Crippen LogP contribution in [0.5, 0.6) is 0 Å². The van der Waals surface area contributed by atoms with Crippen LogP contribution in [0, 0.1) is 7.43 Å². The monoisotopic (exact) mass is 175 g/mol. The molecule has 0 atom stereocenters. The van der Waals surface area contributed by atoms with Crippen molar-refractivity contribution in [3.63, 3.8) is 0 Å². The molecule has 1 heteroatoms. The Labute approximate surface area is 86.4 Å². The third kappa shape index (κ3) is 2.06. The standard InChI is InChI=1S/C9H7.CH3.Sc/c1-2-5-9-7-3-6-8(9)4-1;;/h1-7H;1H3;/q2*-1;. The summed E-state index contributed by atoms with van der Waals surface area (Å²) in [6.45, 7) is 0. The molecule has 0 aromatic heterocycles. The number of fused-ring (bicyclic) bond motifs is 1. The van der Waals surface area contributed by atoms with Crippen LogP contribution in [0.4, 0.5) is 0 Å². The van der Waals surface area contributed by atoms with Crippen molar-refractivity contribution in [2.75, 3.05) is 0 Å². The third-order valence-electron chi connectivity index (χ3n) is 1.55. The molecule has 0 aliphatic rings. The van der Waals surface area contributed by atoms with Crippen LogP contribution in [-0.2, 0) is 25.8 Å². The van der Waals surface area contributed by atoms with E-state index >= 15 is 0 Å². The van der Waals surface area contributed by atoms with Gasteiger partial charge < -0.3 is 7.43 Å². The molecule has 0 bridgehead atoms. The van der Waals surface area contributed by atoms with Gasteiger partial charge >= 0.3 is 0 Å². The largest absolute Gasteiger partial charge is 0.358 e. The molecule has 1 radical (unpaired) electrons. The summed E-state index contributed by atoms with van der Waals surface area (Å²) in [5.41, 5.74) is 0. The van der Waals surface area contributed by atoms with Crippen LogP contribution in [-0.4, -0.2) is 0 Å². The van der Waals surface area contributed by atoms with Gasteiger partial charge in [-0.2, -0.15) is 17.5 Å². The van der Waals surface area contributed by atoms with E-state index in [9.17, 15) is 0 Å². The number of rotatable bonds is 0. The Balaban J connectivity index is 0.000000500. The van der Waals surface area contributed by atoms with Crippen molar-refractivity contribution in [2.45, 2.75) is 0 Å². The van der Waals surface area contributed by atoms with Gasteiger partial charge in [0.05, 0.1) is 0 Å². The Morgan fingerprint density at radius 2 is 1.73 bits per heavy atom. The molecule has 0 spiro atoms. The van der Waals surface area contributed by atoms with Gasteiger partial charge in [0.15, 0.2) is 0 Å². The quantitative estimate of drug-likeness (QED) is 0.540. The summed E-state index contributed by atoms with van der Waals surface area (Å²) in [7, 11) is 0. The van der Waals surface area contributed by atoms with Crippen molar-refractivity contribution in [1.29, 1.82) is 0 Å². The van der Waals surface area contributed by atoms with Gasteiger partial charge in [0.1, 0.15) is 0 Å². The fourth-order valence-corrected chi connectivity index (χ4v) is 1.07. The zero-order chi connectivity index (χ0) is 6.10. The molecule has 0 heterocycles. The van der Waals surface area contributed by atoms with E-state index in [1.54, 1.807) is 0 Å². The predicted molar refractivity (Wildman–Crippen MR) is 46.0 cm³/mol. The zero-order valence-corrected chi connectivity index (χ0v) is 8.42. The van der Waals surface area contributed by atoms with E-state index in [0.717, 1.165) is 0 Å². The fourth-order valence-electron chi connectivity index (χ4n) is 1.07. The zero-order valence-electron chi connectivity index (χ0n) is 6.62. The first-order chi connectivity index (χ1) is 4.47. The van der Waals surface area contributed by atoms with Gasteiger partial charge in [-0.1, -0.05) is 6.07 Å². The van der Waals surface area contributed by atoms with Crippen molar-refractivity contribution in [1.82, 2.24) is 0 Å². The second kappa shape index (κ2) is 4.55. The van der Waals surface area contributed by atoms with Crippen molar-refractivity contribution >= 4 is 10.8 Å². The van der Waals surface area contributed by atoms with Gasteiger partial charge in [0.25, 0.3) is 0 Å². The van der Waals surface area contributed by atoms with Gasteiger partial charge in [0.2, 0.25) is 0 Å². The average Bonchev–Trinajstić information content (AvgIpc) is 2.33. The minimum atomic E-state index is 0. The molecule has 0 saturated heterocycles. The van der Waals surface area contributed by atoms with Crippen molar-refractivity contribution < 1.29 is 25.8 Å². The molecule has 0 nitrogen and oxygen atoms in total. The van der Waals surface area contributed by atoms with Crippen molar-refractivity contribution in [3.8, 4) is 0 Å². The molecule has 2 aromatic carbocycles. The molecule has 11 heavy (non-hydrogen) atoms. The smallest absolute Gasteiger partial charge is 0 e. The second-order valence-corrected chi connectivity index (χ2v) is 2.15. The molecule has 0 saturated carbocycles. The normalized spacial score (nSPS) is 8.36. The summed E-state index contributed by atoms with van der Waals surface area (Å²) in [5.74, 6) is 0. The van der Waals surface area contributed by atoms with E-state index in [0.29, 0.717) is 0 Å². The van der Waals surface area contributed by atoms with E-state index in [-0.39, 0.29) is 33.3 Å². The van der Waals surface area contributed by atoms with E-state index in [1.165, 1.54) is 10.8 Å². The molecule has 0 N–H and O–H groups in total. The van der Waals surface area contributed by atoms with Gasteiger partial charge in [-0.05, 0) is 0 Å². The summed E-state index contributed by atoms with van der Waals surface area (Å²) in [6, 6.07) is 14.7. The first-order valence-corrected chi connectivity index (χ1v) is 3.07. The molecule has 55 valence electrons. The summed E-state index contributed by atoms with van der Waals surface area (Å²) < 4.78 is 0. The summed E-state index contributed by atoms with van der Waals surface area (Å²) >= 11 is 0. The second-order valence-electron chi connectivity index (χ2n) is 2.15. The third-order valence-corrected chi connectivity index (χ3v) is 1.55. The predicted octanol–water partition coefficient (Wildman–Crippen LogP) is 3.01. The van der Waals surface area contributed by atoms with Gasteiger partial charge in [-0.15, -0.1) is 29.7 Å². The van der Waals surface area contributed by atoms with Gasteiger partial charge in [0, 0.05) is 25.8 Å². The molecule has 0 aliphatic heterocycles. The van der Waals surface area contributed by atoms with Crippen LogP contribution < -0.4 is 0 Å². The number of hydrogen-bond donors (Lipinski definition) is 0. The van der Waals surface area contributed by atoms with E-state index < -0.39 is 0 Å². The Morgan fingerprint density at radius 3 is 2.45 bits per heavy atom. The molecule has 2 rings (SSSR count). The summed E-state index contributed by atoms with van der Waals surface area (Å²) in [5, 5.41) is 2.66. The Bertz CT molecular complexity index is 279. The van der Waals surface area contributed by atoms with Crippen LogP contribution >= 0.6 is 0 Å². The van der Waals surface area contributed by atoms with E-state index in [1.807, 2.05) is 0 Å². The topological polar surface area (TPSA) is 0 Å².